The molecule has 0 aromatic carbocycles. The molecule has 0 bridgehead atoms. The fraction of sp³-hybridized carbons (Fsp3) is 0.438. The highest BCUT2D eigenvalue weighted by molar-refractivity contribution is 7.16. The number of pyridine rings is 1. The zero-order valence-corrected chi connectivity index (χ0v) is 13.6. The first-order valence-electron chi connectivity index (χ1n) is 7.15. The smallest absolute Gasteiger partial charge is 0.0931 e. The average molecular weight is 309 g/mol. The highest BCUT2D eigenvalue weighted by atomic mass is 35.5. The molecule has 0 radical (unpaired) electrons. The second kappa shape index (κ2) is 7.77. The van der Waals surface area contributed by atoms with E-state index in [0.29, 0.717) is 6.04 Å². The van der Waals surface area contributed by atoms with Crippen LogP contribution in [0.5, 0.6) is 0 Å². The van der Waals surface area contributed by atoms with Crippen molar-refractivity contribution in [2.75, 3.05) is 6.54 Å². The van der Waals surface area contributed by atoms with Crippen molar-refractivity contribution in [1.82, 2.24) is 10.3 Å². The van der Waals surface area contributed by atoms with Gasteiger partial charge < -0.3 is 5.32 Å². The SMILES string of the molecule is CCCNC(Cc1ccc(CC)cn1)c1ccc(Cl)s1. The summed E-state index contributed by atoms with van der Waals surface area (Å²) in [5.41, 5.74) is 2.41. The molecule has 0 amide bonds. The van der Waals surface area contributed by atoms with Gasteiger partial charge in [0.25, 0.3) is 0 Å². The Balaban J connectivity index is 2.10. The summed E-state index contributed by atoms with van der Waals surface area (Å²) in [6, 6.07) is 8.68. The Morgan fingerprint density at radius 1 is 1.25 bits per heavy atom. The van der Waals surface area contributed by atoms with Crippen LogP contribution in [0.4, 0.5) is 0 Å². The fourth-order valence-corrected chi connectivity index (χ4v) is 3.24. The van der Waals surface area contributed by atoms with Crippen LogP contribution < -0.4 is 5.32 Å². The maximum absolute atomic E-state index is 6.06. The topological polar surface area (TPSA) is 24.9 Å². The molecule has 1 N–H and O–H groups in total. The lowest BCUT2D eigenvalue weighted by Crippen LogP contribution is -2.23. The normalized spacial score (nSPS) is 12.6. The molecule has 4 heteroatoms. The van der Waals surface area contributed by atoms with Crippen molar-refractivity contribution in [3.8, 4) is 0 Å². The number of thiophene rings is 1. The highest BCUT2D eigenvalue weighted by Crippen LogP contribution is 2.28. The van der Waals surface area contributed by atoms with Gasteiger partial charge in [-0.15, -0.1) is 11.3 Å². The molecule has 2 rings (SSSR count). The maximum Gasteiger partial charge on any atom is 0.0931 e. The van der Waals surface area contributed by atoms with E-state index in [4.69, 9.17) is 11.6 Å². The number of aryl methyl sites for hydroxylation is 1. The monoisotopic (exact) mass is 308 g/mol. The van der Waals surface area contributed by atoms with E-state index in [1.165, 1.54) is 10.4 Å². The van der Waals surface area contributed by atoms with Crippen LogP contribution in [0.25, 0.3) is 0 Å². The van der Waals surface area contributed by atoms with Crippen molar-refractivity contribution >= 4 is 22.9 Å². The van der Waals surface area contributed by atoms with Gasteiger partial charge in [-0.25, -0.2) is 0 Å². The summed E-state index contributed by atoms with van der Waals surface area (Å²) in [6.07, 6.45) is 5.04. The number of rotatable bonds is 7. The Morgan fingerprint density at radius 2 is 2.10 bits per heavy atom. The van der Waals surface area contributed by atoms with Gasteiger partial charge in [-0.05, 0) is 43.1 Å². The molecule has 0 aliphatic rings. The van der Waals surface area contributed by atoms with Crippen molar-refractivity contribution in [2.45, 2.75) is 39.2 Å². The third-order valence-corrected chi connectivity index (χ3v) is 4.63. The molecule has 0 saturated carbocycles. The molecule has 1 atom stereocenters. The Kier molecular flexibility index (Phi) is 6.02. The minimum atomic E-state index is 0.299. The Morgan fingerprint density at radius 3 is 2.65 bits per heavy atom. The van der Waals surface area contributed by atoms with E-state index >= 15 is 0 Å². The van der Waals surface area contributed by atoms with Crippen molar-refractivity contribution in [3.05, 3.63) is 50.9 Å². The molecule has 1 unspecified atom stereocenters. The van der Waals surface area contributed by atoms with E-state index in [0.717, 1.165) is 35.8 Å². The standard InChI is InChI=1S/C16H21ClN2S/c1-3-9-18-14(15-7-8-16(17)20-15)10-13-6-5-12(4-2)11-19-13/h5-8,11,14,18H,3-4,9-10H2,1-2H3. The molecule has 108 valence electrons. The highest BCUT2D eigenvalue weighted by Gasteiger charge is 2.14. The largest absolute Gasteiger partial charge is 0.309 e. The van der Waals surface area contributed by atoms with Gasteiger partial charge in [0.05, 0.1) is 4.34 Å². The Bertz CT molecular complexity index is 522. The molecule has 2 nitrogen and oxygen atoms in total. The summed E-state index contributed by atoms with van der Waals surface area (Å²) in [6.45, 7) is 5.34. The summed E-state index contributed by atoms with van der Waals surface area (Å²) < 4.78 is 0.845. The summed E-state index contributed by atoms with van der Waals surface area (Å²) in [5, 5.41) is 3.59. The molecule has 20 heavy (non-hydrogen) atoms. The minimum Gasteiger partial charge on any atom is -0.309 e. The molecule has 0 spiro atoms. The summed E-state index contributed by atoms with van der Waals surface area (Å²) in [4.78, 5) is 5.84. The van der Waals surface area contributed by atoms with E-state index in [1.807, 2.05) is 12.3 Å². The molecule has 0 fully saturated rings. The molecular weight excluding hydrogens is 288 g/mol. The number of nitrogens with zero attached hydrogens (tertiary/aromatic N) is 1. The zero-order chi connectivity index (χ0) is 14.4. The van der Waals surface area contributed by atoms with Gasteiger partial charge in [-0.1, -0.05) is 31.5 Å². The fourth-order valence-electron chi connectivity index (χ4n) is 2.10. The van der Waals surface area contributed by atoms with Crippen molar-refractivity contribution in [1.29, 1.82) is 0 Å². The van der Waals surface area contributed by atoms with Gasteiger partial charge in [0.1, 0.15) is 0 Å². The summed E-state index contributed by atoms with van der Waals surface area (Å²) in [7, 11) is 0. The van der Waals surface area contributed by atoms with Gasteiger partial charge in [0.15, 0.2) is 0 Å². The van der Waals surface area contributed by atoms with Crippen LogP contribution in [0, 0.1) is 0 Å². The number of hydrogen-bond donors (Lipinski definition) is 1. The molecule has 0 saturated heterocycles. The van der Waals surface area contributed by atoms with Crippen LogP contribution in [0.15, 0.2) is 30.5 Å². The molecular formula is C16H21ClN2S. The lowest BCUT2D eigenvalue weighted by Gasteiger charge is -2.17. The first kappa shape index (κ1) is 15.5. The van der Waals surface area contributed by atoms with Gasteiger partial charge >= 0.3 is 0 Å². The summed E-state index contributed by atoms with van der Waals surface area (Å²) >= 11 is 7.70. The average Bonchev–Trinajstić information content (AvgIpc) is 2.90. The molecule has 0 aliphatic carbocycles. The quantitative estimate of drug-likeness (QED) is 0.806. The van der Waals surface area contributed by atoms with Gasteiger partial charge in [-0.2, -0.15) is 0 Å². The van der Waals surface area contributed by atoms with Crippen molar-refractivity contribution in [3.63, 3.8) is 0 Å². The number of hydrogen-bond acceptors (Lipinski definition) is 3. The lowest BCUT2D eigenvalue weighted by atomic mass is 10.1. The van der Waals surface area contributed by atoms with Crippen molar-refractivity contribution < 1.29 is 0 Å². The second-order valence-corrected chi connectivity index (χ2v) is 6.61. The lowest BCUT2D eigenvalue weighted by molar-refractivity contribution is 0.531. The maximum atomic E-state index is 6.06. The zero-order valence-electron chi connectivity index (χ0n) is 12.0. The molecule has 2 heterocycles. The van der Waals surface area contributed by atoms with E-state index in [1.54, 1.807) is 11.3 Å². The second-order valence-electron chi connectivity index (χ2n) is 4.86. The Hall–Kier alpha value is -0.900. The van der Waals surface area contributed by atoms with Gasteiger partial charge in [-0.3, -0.25) is 4.98 Å². The number of aromatic nitrogens is 1. The summed E-state index contributed by atoms with van der Waals surface area (Å²) in [5.74, 6) is 0. The van der Waals surface area contributed by atoms with Crippen LogP contribution in [0.3, 0.4) is 0 Å². The van der Waals surface area contributed by atoms with E-state index in [-0.39, 0.29) is 0 Å². The Labute approximate surface area is 130 Å². The first-order chi connectivity index (χ1) is 9.72. The predicted molar refractivity (Wildman–Crippen MR) is 87.7 cm³/mol. The third-order valence-electron chi connectivity index (χ3n) is 3.29. The van der Waals surface area contributed by atoms with Gasteiger partial charge in [0.2, 0.25) is 0 Å². The van der Waals surface area contributed by atoms with Crippen LogP contribution in [-0.4, -0.2) is 11.5 Å². The predicted octanol–water partition coefficient (Wildman–Crippen LogP) is 4.64. The number of halogens is 1. The van der Waals surface area contributed by atoms with E-state index in [9.17, 15) is 0 Å². The van der Waals surface area contributed by atoms with E-state index < -0.39 is 0 Å². The molecule has 2 aromatic heterocycles. The molecule has 2 aromatic rings. The van der Waals surface area contributed by atoms with Crippen molar-refractivity contribution in [2.24, 2.45) is 0 Å². The van der Waals surface area contributed by atoms with Crippen LogP contribution >= 0.6 is 22.9 Å². The first-order valence-corrected chi connectivity index (χ1v) is 8.34. The minimum absolute atomic E-state index is 0.299. The van der Waals surface area contributed by atoms with Crippen LogP contribution in [-0.2, 0) is 12.8 Å². The third kappa shape index (κ3) is 4.30. The van der Waals surface area contributed by atoms with Crippen LogP contribution in [0.2, 0.25) is 4.34 Å². The number of nitrogens with one attached hydrogen (secondary N) is 1. The molecule has 0 aliphatic heterocycles. The van der Waals surface area contributed by atoms with Gasteiger partial charge in [0, 0.05) is 29.2 Å². The van der Waals surface area contributed by atoms with E-state index in [2.05, 4.69) is 42.3 Å². The van der Waals surface area contributed by atoms with Crippen LogP contribution in [0.1, 0.15) is 42.4 Å².